The van der Waals surface area contributed by atoms with E-state index in [-0.39, 0.29) is 11.4 Å². The standard InChI is InChI=1S/C21H23FN6/c1-15-2-7-19(26-25-15)27-11-8-21(9-12-27)20-23-14-18(28(20)13-10-24-21)16-3-5-17(22)6-4-16/h2-7,14,24H,8-13H2,1H3. The molecular formula is C21H23FN6. The number of fused-ring (bicyclic) bond motifs is 2. The van der Waals surface area contributed by atoms with E-state index in [1.165, 1.54) is 12.1 Å². The van der Waals surface area contributed by atoms with Crippen molar-refractivity contribution in [3.05, 3.63) is 59.9 Å². The number of benzene rings is 1. The van der Waals surface area contributed by atoms with E-state index in [2.05, 4.69) is 25.0 Å². The van der Waals surface area contributed by atoms with Gasteiger partial charge in [0.05, 0.1) is 23.1 Å². The predicted molar refractivity (Wildman–Crippen MR) is 106 cm³/mol. The van der Waals surface area contributed by atoms with Crippen LogP contribution >= 0.6 is 0 Å². The Morgan fingerprint density at radius 1 is 1.00 bits per heavy atom. The lowest BCUT2D eigenvalue weighted by molar-refractivity contribution is 0.213. The molecule has 7 heteroatoms. The van der Waals surface area contributed by atoms with Crippen molar-refractivity contribution in [3.8, 4) is 11.3 Å². The molecule has 0 radical (unpaired) electrons. The van der Waals surface area contributed by atoms with E-state index in [1.54, 1.807) is 0 Å². The third-order valence-corrected chi connectivity index (χ3v) is 5.95. The van der Waals surface area contributed by atoms with Crippen LogP contribution in [-0.4, -0.2) is 39.4 Å². The summed E-state index contributed by atoms with van der Waals surface area (Å²) in [5.74, 6) is 1.81. The summed E-state index contributed by atoms with van der Waals surface area (Å²) in [5, 5.41) is 12.3. The van der Waals surface area contributed by atoms with Gasteiger partial charge in [-0.25, -0.2) is 9.37 Å². The van der Waals surface area contributed by atoms with Crippen LogP contribution in [0.25, 0.3) is 11.3 Å². The SMILES string of the molecule is Cc1ccc(N2CCC3(CC2)NCCn2c(-c4ccc(F)cc4)cnc23)nn1. The minimum atomic E-state index is -0.216. The van der Waals surface area contributed by atoms with Crippen molar-refractivity contribution < 1.29 is 4.39 Å². The molecule has 0 bridgehead atoms. The lowest BCUT2D eigenvalue weighted by Gasteiger charge is -2.44. The van der Waals surface area contributed by atoms with Crippen LogP contribution in [0.5, 0.6) is 0 Å². The number of piperidine rings is 1. The van der Waals surface area contributed by atoms with E-state index < -0.39 is 0 Å². The number of anilines is 1. The van der Waals surface area contributed by atoms with E-state index >= 15 is 0 Å². The molecule has 2 aromatic heterocycles. The van der Waals surface area contributed by atoms with Gasteiger partial charge in [0.2, 0.25) is 0 Å². The maximum absolute atomic E-state index is 13.3. The highest BCUT2D eigenvalue weighted by Crippen LogP contribution is 2.37. The smallest absolute Gasteiger partial charge is 0.151 e. The summed E-state index contributed by atoms with van der Waals surface area (Å²) in [6, 6.07) is 10.7. The zero-order valence-corrected chi connectivity index (χ0v) is 15.9. The first-order valence-corrected chi connectivity index (χ1v) is 9.77. The van der Waals surface area contributed by atoms with Crippen molar-refractivity contribution in [2.45, 2.75) is 31.8 Å². The van der Waals surface area contributed by atoms with E-state index in [1.807, 2.05) is 37.4 Å². The lowest BCUT2D eigenvalue weighted by atomic mass is 9.85. The molecule has 0 amide bonds. The van der Waals surface area contributed by atoms with Crippen LogP contribution in [0.1, 0.15) is 24.4 Å². The van der Waals surface area contributed by atoms with Crippen LogP contribution in [0.3, 0.4) is 0 Å². The lowest BCUT2D eigenvalue weighted by Crippen LogP contribution is -2.56. The van der Waals surface area contributed by atoms with Gasteiger partial charge < -0.3 is 14.8 Å². The third-order valence-electron chi connectivity index (χ3n) is 5.95. The molecular weight excluding hydrogens is 355 g/mol. The van der Waals surface area contributed by atoms with Gasteiger partial charge in [0.25, 0.3) is 0 Å². The number of hydrogen-bond acceptors (Lipinski definition) is 5. The summed E-state index contributed by atoms with van der Waals surface area (Å²) in [6.45, 7) is 5.54. The summed E-state index contributed by atoms with van der Waals surface area (Å²) < 4.78 is 15.6. The molecule has 2 aliphatic heterocycles. The van der Waals surface area contributed by atoms with Crippen LogP contribution < -0.4 is 10.2 Å². The van der Waals surface area contributed by atoms with Crippen LogP contribution in [0, 0.1) is 12.7 Å². The fourth-order valence-electron chi connectivity index (χ4n) is 4.40. The Labute approximate surface area is 163 Å². The van der Waals surface area contributed by atoms with E-state index in [4.69, 9.17) is 4.98 Å². The van der Waals surface area contributed by atoms with Crippen LogP contribution in [0.4, 0.5) is 10.2 Å². The topological polar surface area (TPSA) is 58.9 Å². The minimum Gasteiger partial charge on any atom is -0.355 e. The molecule has 0 saturated carbocycles. The summed E-state index contributed by atoms with van der Waals surface area (Å²) in [6.07, 6.45) is 3.85. The Bertz CT molecular complexity index is 971. The molecule has 1 N–H and O–H groups in total. The highest BCUT2D eigenvalue weighted by atomic mass is 19.1. The number of nitrogens with zero attached hydrogens (tertiary/aromatic N) is 5. The van der Waals surface area contributed by atoms with Crippen molar-refractivity contribution in [3.63, 3.8) is 0 Å². The number of aromatic nitrogens is 4. The Hall–Kier alpha value is -2.80. The number of nitrogens with one attached hydrogen (secondary N) is 1. The molecule has 5 rings (SSSR count). The predicted octanol–water partition coefficient (Wildman–Crippen LogP) is 2.89. The maximum Gasteiger partial charge on any atom is 0.151 e. The van der Waals surface area contributed by atoms with E-state index in [0.29, 0.717) is 0 Å². The molecule has 144 valence electrons. The first kappa shape index (κ1) is 17.3. The Morgan fingerprint density at radius 2 is 1.79 bits per heavy atom. The second-order valence-electron chi connectivity index (χ2n) is 7.65. The van der Waals surface area contributed by atoms with Crippen molar-refractivity contribution in [1.29, 1.82) is 0 Å². The average Bonchev–Trinajstić information content (AvgIpc) is 3.16. The summed E-state index contributed by atoms with van der Waals surface area (Å²) in [5.41, 5.74) is 2.87. The van der Waals surface area contributed by atoms with Gasteiger partial charge in [0.15, 0.2) is 5.82 Å². The summed E-state index contributed by atoms with van der Waals surface area (Å²) >= 11 is 0. The second-order valence-corrected chi connectivity index (χ2v) is 7.65. The maximum atomic E-state index is 13.3. The quantitative estimate of drug-likeness (QED) is 0.743. The average molecular weight is 378 g/mol. The number of halogens is 1. The fraction of sp³-hybridized carbons (Fsp3) is 0.381. The van der Waals surface area contributed by atoms with Gasteiger partial charge in [-0.2, -0.15) is 5.10 Å². The zero-order chi connectivity index (χ0) is 19.1. The van der Waals surface area contributed by atoms with Gasteiger partial charge in [-0.05, 0) is 61.7 Å². The molecule has 0 atom stereocenters. The first-order valence-electron chi connectivity index (χ1n) is 9.77. The largest absolute Gasteiger partial charge is 0.355 e. The van der Waals surface area contributed by atoms with Crippen molar-refractivity contribution in [2.24, 2.45) is 0 Å². The monoisotopic (exact) mass is 378 g/mol. The molecule has 1 spiro atoms. The minimum absolute atomic E-state index is 0.120. The second kappa shape index (κ2) is 6.67. The highest BCUT2D eigenvalue weighted by molar-refractivity contribution is 5.60. The zero-order valence-electron chi connectivity index (χ0n) is 15.9. The molecule has 4 heterocycles. The molecule has 1 fully saturated rings. The van der Waals surface area contributed by atoms with Crippen LogP contribution in [0.15, 0.2) is 42.6 Å². The van der Waals surface area contributed by atoms with E-state index in [9.17, 15) is 4.39 Å². The van der Waals surface area contributed by atoms with Gasteiger partial charge in [0, 0.05) is 26.2 Å². The summed E-state index contributed by atoms with van der Waals surface area (Å²) in [4.78, 5) is 7.10. The highest BCUT2D eigenvalue weighted by Gasteiger charge is 2.42. The van der Waals surface area contributed by atoms with Gasteiger partial charge in [-0.15, -0.1) is 5.10 Å². The molecule has 2 aliphatic rings. The normalized spacial score (nSPS) is 18.3. The Kier molecular flexibility index (Phi) is 4.12. The van der Waals surface area contributed by atoms with Gasteiger partial charge in [-0.3, -0.25) is 0 Å². The Balaban J connectivity index is 1.41. The molecule has 6 nitrogen and oxygen atoms in total. The van der Waals surface area contributed by atoms with Gasteiger partial charge in [-0.1, -0.05) is 0 Å². The number of imidazole rings is 1. The molecule has 1 saturated heterocycles. The van der Waals surface area contributed by atoms with Crippen molar-refractivity contribution in [1.82, 2.24) is 25.1 Å². The molecule has 28 heavy (non-hydrogen) atoms. The van der Waals surface area contributed by atoms with Gasteiger partial charge in [0.1, 0.15) is 11.6 Å². The number of hydrogen-bond donors (Lipinski definition) is 1. The van der Waals surface area contributed by atoms with Gasteiger partial charge >= 0.3 is 0 Å². The van der Waals surface area contributed by atoms with E-state index in [0.717, 1.165) is 67.6 Å². The molecule has 1 aromatic carbocycles. The first-order chi connectivity index (χ1) is 13.6. The molecule has 0 aliphatic carbocycles. The fourth-order valence-corrected chi connectivity index (χ4v) is 4.40. The number of rotatable bonds is 2. The number of aryl methyl sites for hydroxylation is 1. The third kappa shape index (κ3) is 2.86. The van der Waals surface area contributed by atoms with Crippen LogP contribution in [0.2, 0.25) is 0 Å². The molecule has 3 aromatic rings. The Morgan fingerprint density at radius 3 is 2.50 bits per heavy atom. The summed E-state index contributed by atoms with van der Waals surface area (Å²) in [7, 11) is 0. The van der Waals surface area contributed by atoms with Crippen molar-refractivity contribution in [2.75, 3.05) is 24.5 Å². The van der Waals surface area contributed by atoms with Crippen LogP contribution in [-0.2, 0) is 12.1 Å². The molecule has 0 unspecified atom stereocenters. The van der Waals surface area contributed by atoms with Crippen molar-refractivity contribution >= 4 is 5.82 Å².